The molecule has 2 aromatic heterocycles. The first-order valence-electron chi connectivity index (χ1n) is 10.9. The molecule has 4 aromatic rings. The van der Waals surface area contributed by atoms with Crippen molar-refractivity contribution in [1.82, 2.24) is 14.9 Å². The van der Waals surface area contributed by atoms with Crippen molar-refractivity contribution in [2.24, 2.45) is 0 Å². The minimum atomic E-state index is -0.385. The van der Waals surface area contributed by atoms with Crippen LogP contribution in [0, 0.1) is 0 Å². The van der Waals surface area contributed by atoms with Gasteiger partial charge in [0.25, 0.3) is 11.8 Å². The monoisotopic (exact) mass is 457 g/mol. The molecule has 0 unspecified atom stereocenters. The predicted octanol–water partition coefficient (Wildman–Crippen LogP) is 3.45. The summed E-state index contributed by atoms with van der Waals surface area (Å²) >= 11 is 0. The van der Waals surface area contributed by atoms with Gasteiger partial charge in [-0.3, -0.25) is 9.59 Å². The lowest BCUT2D eigenvalue weighted by Gasteiger charge is -2.34. The van der Waals surface area contributed by atoms with Gasteiger partial charge in [-0.05, 0) is 30.3 Å². The molecule has 2 amide bonds. The van der Waals surface area contributed by atoms with Crippen LogP contribution < -0.4 is 15.0 Å². The van der Waals surface area contributed by atoms with Crippen molar-refractivity contribution >= 4 is 34.4 Å². The average molecular weight is 457 g/mol. The molecule has 9 nitrogen and oxygen atoms in total. The Hall–Kier alpha value is -4.40. The number of piperazine rings is 1. The molecule has 0 spiro atoms. The third kappa shape index (κ3) is 4.03. The molecule has 5 rings (SSSR count). The van der Waals surface area contributed by atoms with E-state index in [0.29, 0.717) is 60.1 Å². The van der Waals surface area contributed by atoms with E-state index in [2.05, 4.69) is 15.3 Å². The molecule has 0 bridgehead atoms. The summed E-state index contributed by atoms with van der Waals surface area (Å²) in [5.74, 6) is 0.529. The molecule has 172 valence electrons. The fourth-order valence-corrected chi connectivity index (χ4v) is 4.04. The van der Waals surface area contributed by atoms with Gasteiger partial charge in [-0.15, -0.1) is 0 Å². The number of benzene rings is 2. The highest BCUT2D eigenvalue weighted by Gasteiger charge is 2.30. The number of carbonyl (C=O) groups is 2. The van der Waals surface area contributed by atoms with Crippen molar-refractivity contribution in [2.45, 2.75) is 0 Å². The standard InChI is InChI=1S/C25H23N5O4/c1-33-19-9-4-3-8-18(19)23(31)28-21-17-7-2-5-10-20(17)34-22(21)24(32)29-13-15-30(16-14-29)25-26-11-6-12-27-25/h2-12H,13-16H2,1H3,(H,28,31). The van der Waals surface area contributed by atoms with Crippen LogP contribution in [0.1, 0.15) is 20.9 Å². The zero-order chi connectivity index (χ0) is 23.5. The maximum absolute atomic E-state index is 13.5. The summed E-state index contributed by atoms with van der Waals surface area (Å²) in [7, 11) is 1.51. The maximum Gasteiger partial charge on any atom is 0.291 e. The number of nitrogens with zero attached hydrogens (tertiary/aromatic N) is 4. The van der Waals surface area contributed by atoms with E-state index in [1.165, 1.54) is 7.11 Å². The first-order chi connectivity index (χ1) is 16.7. The second-order valence-corrected chi connectivity index (χ2v) is 7.78. The van der Waals surface area contributed by atoms with Crippen molar-refractivity contribution in [3.8, 4) is 5.75 Å². The molecule has 0 atom stereocenters. The molecule has 1 fully saturated rings. The molecular weight excluding hydrogens is 434 g/mol. The van der Waals surface area contributed by atoms with E-state index in [1.807, 2.05) is 23.1 Å². The van der Waals surface area contributed by atoms with E-state index >= 15 is 0 Å². The van der Waals surface area contributed by atoms with Crippen molar-refractivity contribution in [3.05, 3.63) is 78.3 Å². The number of hydrogen-bond acceptors (Lipinski definition) is 7. The Kier molecular flexibility index (Phi) is 5.82. The zero-order valence-electron chi connectivity index (χ0n) is 18.6. The van der Waals surface area contributed by atoms with Crippen LogP contribution in [0.25, 0.3) is 11.0 Å². The van der Waals surface area contributed by atoms with E-state index < -0.39 is 0 Å². The van der Waals surface area contributed by atoms with E-state index in [-0.39, 0.29) is 17.6 Å². The van der Waals surface area contributed by atoms with Crippen LogP contribution >= 0.6 is 0 Å². The molecule has 9 heteroatoms. The van der Waals surface area contributed by atoms with Crippen LogP contribution in [-0.4, -0.2) is 60.0 Å². The van der Waals surface area contributed by atoms with Gasteiger partial charge in [0.05, 0.1) is 12.7 Å². The van der Waals surface area contributed by atoms with Crippen LogP contribution in [0.5, 0.6) is 5.75 Å². The third-order valence-electron chi connectivity index (χ3n) is 5.78. The van der Waals surface area contributed by atoms with Gasteiger partial charge in [0.2, 0.25) is 11.7 Å². The minimum absolute atomic E-state index is 0.105. The summed E-state index contributed by atoms with van der Waals surface area (Å²) in [5, 5.41) is 3.55. The van der Waals surface area contributed by atoms with Crippen molar-refractivity contribution in [2.75, 3.05) is 43.5 Å². The largest absolute Gasteiger partial charge is 0.496 e. The average Bonchev–Trinajstić information content (AvgIpc) is 3.27. The highest BCUT2D eigenvalue weighted by molar-refractivity contribution is 6.15. The molecule has 34 heavy (non-hydrogen) atoms. The number of carbonyl (C=O) groups excluding carboxylic acids is 2. The summed E-state index contributed by atoms with van der Waals surface area (Å²) in [6.07, 6.45) is 3.40. The van der Waals surface area contributed by atoms with Crippen molar-refractivity contribution in [1.29, 1.82) is 0 Å². The van der Waals surface area contributed by atoms with E-state index in [9.17, 15) is 9.59 Å². The van der Waals surface area contributed by atoms with Gasteiger partial charge in [-0.2, -0.15) is 0 Å². The summed E-state index contributed by atoms with van der Waals surface area (Å²) in [6, 6.07) is 15.9. The Labute approximate surface area is 196 Å². The van der Waals surface area contributed by atoms with Gasteiger partial charge < -0.3 is 24.3 Å². The molecule has 0 radical (unpaired) electrons. The van der Waals surface area contributed by atoms with Crippen LogP contribution in [-0.2, 0) is 0 Å². The predicted molar refractivity (Wildman–Crippen MR) is 127 cm³/mol. The molecule has 1 aliphatic rings. The number of rotatable bonds is 5. The minimum Gasteiger partial charge on any atom is -0.496 e. The fraction of sp³-hybridized carbons (Fsp3) is 0.200. The Morgan fingerprint density at radius 1 is 0.941 bits per heavy atom. The highest BCUT2D eigenvalue weighted by Crippen LogP contribution is 2.33. The van der Waals surface area contributed by atoms with Gasteiger partial charge in [0.1, 0.15) is 17.0 Å². The fourth-order valence-electron chi connectivity index (χ4n) is 4.04. The van der Waals surface area contributed by atoms with Gasteiger partial charge in [0, 0.05) is 44.0 Å². The van der Waals surface area contributed by atoms with Gasteiger partial charge in [-0.25, -0.2) is 9.97 Å². The van der Waals surface area contributed by atoms with Crippen molar-refractivity contribution < 1.29 is 18.7 Å². The quantitative estimate of drug-likeness (QED) is 0.490. The van der Waals surface area contributed by atoms with Gasteiger partial charge in [-0.1, -0.05) is 24.3 Å². The zero-order valence-corrected chi connectivity index (χ0v) is 18.6. The molecule has 1 N–H and O–H groups in total. The topological polar surface area (TPSA) is 101 Å². The number of ether oxygens (including phenoxy) is 1. The SMILES string of the molecule is COc1ccccc1C(=O)Nc1c(C(=O)N2CCN(c3ncccn3)CC2)oc2ccccc12. The number of aromatic nitrogens is 2. The van der Waals surface area contributed by atoms with Crippen LogP contribution in [0.15, 0.2) is 71.4 Å². The number of furan rings is 1. The smallest absolute Gasteiger partial charge is 0.291 e. The number of anilines is 2. The number of fused-ring (bicyclic) bond motifs is 1. The number of para-hydroxylation sites is 2. The summed E-state index contributed by atoms with van der Waals surface area (Å²) in [5.41, 5.74) is 1.24. The lowest BCUT2D eigenvalue weighted by Crippen LogP contribution is -2.49. The Morgan fingerprint density at radius 2 is 1.65 bits per heavy atom. The number of methoxy groups -OCH3 is 1. The lowest BCUT2D eigenvalue weighted by atomic mass is 10.1. The first kappa shape index (κ1) is 21.4. The summed E-state index contributed by atoms with van der Waals surface area (Å²) in [4.78, 5) is 38.9. The summed E-state index contributed by atoms with van der Waals surface area (Å²) < 4.78 is 11.3. The number of hydrogen-bond donors (Lipinski definition) is 1. The van der Waals surface area contributed by atoms with Crippen LogP contribution in [0.2, 0.25) is 0 Å². The first-order valence-corrected chi connectivity index (χ1v) is 10.9. The van der Waals surface area contributed by atoms with E-state index in [0.717, 1.165) is 0 Å². The maximum atomic E-state index is 13.5. The molecular formula is C25H23N5O4. The third-order valence-corrected chi connectivity index (χ3v) is 5.78. The second-order valence-electron chi connectivity index (χ2n) is 7.78. The highest BCUT2D eigenvalue weighted by atomic mass is 16.5. The van der Waals surface area contributed by atoms with E-state index in [1.54, 1.807) is 53.7 Å². The summed E-state index contributed by atoms with van der Waals surface area (Å²) in [6.45, 7) is 2.15. The van der Waals surface area contributed by atoms with Gasteiger partial charge in [0.15, 0.2) is 0 Å². The van der Waals surface area contributed by atoms with Gasteiger partial charge >= 0.3 is 0 Å². The Balaban J connectivity index is 1.41. The normalized spacial score (nSPS) is 13.7. The molecule has 0 aliphatic carbocycles. The second kappa shape index (κ2) is 9.22. The molecule has 0 saturated carbocycles. The van der Waals surface area contributed by atoms with Crippen LogP contribution in [0.3, 0.4) is 0 Å². The van der Waals surface area contributed by atoms with Crippen molar-refractivity contribution in [3.63, 3.8) is 0 Å². The lowest BCUT2D eigenvalue weighted by molar-refractivity contribution is 0.0718. The molecule has 1 aliphatic heterocycles. The Morgan fingerprint density at radius 3 is 2.41 bits per heavy atom. The van der Waals surface area contributed by atoms with E-state index in [4.69, 9.17) is 9.15 Å². The number of nitrogens with one attached hydrogen (secondary N) is 1. The molecule has 1 saturated heterocycles. The Bertz CT molecular complexity index is 1330. The number of amides is 2. The molecule has 2 aromatic carbocycles. The van der Waals surface area contributed by atoms with Crippen LogP contribution in [0.4, 0.5) is 11.6 Å². The molecule has 3 heterocycles.